The summed E-state index contributed by atoms with van der Waals surface area (Å²) < 4.78 is 0.718. The normalized spacial score (nSPS) is 12.0. The van der Waals surface area contributed by atoms with E-state index in [1.807, 2.05) is 19.1 Å². The number of rotatable bonds is 3. The molecule has 0 aliphatic heterocycles. The smallest absolute Gasteiger partial charge is 0.254 e. The van der Waals surface area contributed by atoms with Crippen LogP contribution < -0.4 is 0 Å². The minimum atomic E-state index is -0.0494. The highest BCUT2D eigenvalue weighted by molar-refractivity contribution is 9.10. The summed E-state index contributed by atoms with van der Waals surface area (Å²) >= 11 is 9.28. The largest absolute Gasteiger partial charge is 0.335 e. The molecule has 0 spiro atoms. The highest BCUT2D eigenvalue weighted by Gasteiger charge is 2.19. The lowest BCUT2D eigenvalue weighted by Gasteiger charge is -2.25. The maximum absolute atomic E-state index is 12.5. The first-order chi connectivity index (χ1) is 9.50. The van der Waals surface area contributed by atoms with E-state index < -0.39 is 0 Å². The van der Waals surface area contributed by atoms with Crippen LogP contribution in [0.25, 0.3) is 0 Å². The fourth-order valence-electron chi connectivity index (χ4n) is 1.87. The minimum absolute atomic E-state index is 0.0278. The van der Waals surface area contributed by atoms with Gasteiger partial charge in [-0.05, 0) is 58.7 Å². The van der Waals surface area contributed by atoms with Crippen LogP contribution in [0.5, 0.6) is 0 Å². The van der Waals surface area contributed by atoms with Gasteiger partial charge in [0.05, 0.1) is 11.1 Å². The van der Waals surface area contributed by atoms with Crippen molar-refractivity contribution in [2.24, 2.45) is 0 Å². The van der Waals surface area contributed by atoms with Gasteiger partial charge in [0.1, 0.15) is 0 Å². The van der Waals surface area contributed by atoms with Gasteiger partial charge in [-0.25, -0.2) is 0 Å². The second-order valence-electron chi connectivity index (χ2n) is 4.50. The molecule has 2 aromatic rings. The van der Waals surface area contributed by atoms with Crippen molar-refractivity contribution in [2.75, 3.05) is 7.05 Å². The van der Waals surface area contributed by atoms with Gasteiger partial charge in [0.25, 0.3) is 5.91 Å². The Kier molecular flexibility index (Phi) is 4.78. The summed E-state index contributed by atoms with van der Waals surface area (Å²) in [5, 5.41) is 0.589. The van der Waals surface area contributed by atoms with Crippen molar-refractivity contribution in [2.45, 2.75) is 13.0 Å². The van der Waals surface area contributed by atoms with Gasteiger partial charge in [-0.2, -0.15) is 0 Å². The van der Waals surface area contributed by atoms with Crippen LogP contribution in [0.3, 0.4) is 0 Å². The Bertz CT molecular complexity index is 619. The Morgan fingerprint density at radius 1 is 1.30 bits per heavy atom. The lowest BCUT2D eigenvalue weighted by Crippen LogP contribution is -2.29. The second kappa shape index (κ2) is 6.37. The number of hydrogen-bond acceptors (Lipinski definition) is 2. The summed E-state index contributed by atoms with van der Waals surface area (Å²) in [4.78, 5) is 18.2. The van der Waals surface area contributed by atoms with E-state index in [4.69, 9.17) is 11.6 Å². The quantitative estimate of drug-likeness (QED) is 0.823. The van der Waals surface area contributed by atoms with Gasteiger partial charge in [0, 0.05) is 29.5 Å². The van der Waals surface area contributed by atoms with Crippen LogP contribution in [0, 0.1) is 0 Å². The summed E-state index contributed by atoms with van der Waals surface area (Å²) in [5.74, 6) is -0.0494. The second-order valence-corrected chi connectivity index (χ2v) is 5.76. The highest BCUT2D eigenvalue weighted by atomic mass is 79.9. The lowest BCUT2D eigenvalue weighted by molar-refractivity contribution is 0.0742. The minimum Gasteiger partial charge on any atom is -0.335 e. The van der Waals surface area contributed by atoms with E-state index in [-0.39, 0.29) is 11.9 Å². The van der Waals surface area contributed by atoms with Crippen LogP contribution in [0.1, 0.15) is 28.9 Å². The molecule has 5 heteroatoms. The number of halogens is 2. The zero-order chi connectivity index (χ0) is 14.7. The first-order valence-corrected chi connectivity index (χ1v) is 7.30. The van der Waals surface area contributed by atoms with Crippen molar-refractivity contribution in [3.05, 3.63) is 63.3 Å². The third kappa shape index (κ3) is 3.19. The Labute approximate surface area is 131 Å². The van der Waals surface area contributed by atoms with E-state index in [2.05, 4.69) is 20.9 Å². The topological polar surface area (TPSA) is 33.2 Å². The molecule has 1 heterocycles. The van der Waals surface area contributed by atoms with Gasteiger partial charge >= 0.3 is 0 Å². The number of benzene rings is 1. The molecule has 1 amide bonds. The maximum atomic E-state index is 12.5. The molecule has 0 aliphatic carbocycles. The monoisotopic (exact) mass is 352 g/mol. The molecule has 1 atom stereocenters. The average Bonchev–Trinajstić information content (AvgIpc) is 2.48. The molecule has 1 unspecified atom stereocenters. The zero-order valence-electron chi connectivity index (χ0n) is 11.2. The van der Waals surface area contributed by atoms with E-state index in [9.17, 15) is 4.79 Å². The number of nitrogens with zero attached hydrogens (tertiary/aromatic N) is 2. The SMILES string of the molecule is CC(c1ccncc1)N(C)C(=O)c1ccc(Cl)c(Br)c1. The first kappa shape index (κ1) is 15.0. The molecule has 2 rings (SSSR count). The molecule has 1 aromatic heterocycles. The van der Waals surface area contributed by atoms with E-state index in [1.165, 1.54) is 0 Å². The number of carbonyl (C=O) groups is 1. The molecular weight excluding hydrogens is 340 g/mol. The fraction of sp³-hybridized carbons (Fsp3) is 0.200. The standard InChI is InChI=1S/C15H14BrClN2O/c1-10(11-5-7-18-8-6-11)19(2)15(20)12-3-4-14(17)13(16)9-12/h3-10H,1-2H3. The van der Waals surface area contributed by atoms with Crippen LogP contribution >= 0.6 is 27.5 Å². The maximum Gasteiger partial charge on any atom is 0.254 e. The van der Waals surface area contributed by atoms with Crippen LogP contribution in [0.15, 0.2) is 47.2 Å². The third-order valence-corrected chi connectivity index (χ3v) is 4.47. The summed E-state index contributed by atoms with van der Waals surface area (Å²) in [6.07, 6.45) is 3.45. The van der Waals surface area contributed by atoms with Crippen molar-refractivity contribution >= 4 is 33.4 Å². The number of hydrogen-bond donors (Lipinski definition) is 0. The molecule has 1 aromatic carbocycles. The first-order valence-electron chi connectivity index (χ1n) is 6.13. The van der Waals surface area contributed by atoms with Crippen molar-refractivity contribution in [3.8, 4) is 0 Å². The third-order valence-electron chi connectivity index (χ3n) is 3.26. The molecule has 0 saturated heterocycles. The van der Waals surface area contributed by atoms with Crippen LogP contribution in [0.4, 0.5) is 0 Å². The highest BCUT2D eigenvalue weighted by Crippen LogP contribution is 2.25. The summed E-state index contributed by atoms with van der Waals surface area (Å²) in [5.41, 5.74) is 1.65. The summed E-state index contributed by atoms with van der Waals surface area (Å²) in [6.45, 7) is 1.98. The molecule has 0 saturated carbocycles. The van der Waals surface area contributed by atoms with Crippen molar-refractivity contribution in [1.82, 2.24) is 9.88 Å². The number of carbonyl (C=O) groups excluding carboxylic acids is 1. The molecule has 0 radical (unpaired) electrons. The number of aromatic nitrogens is 1. The molecule has 20 heavy (non-hydrogen) atoms. The van der Waals surface area contributed by atoms with E-state index in [0.29, 0.717) is 10.6 Å². The van der Waals surface area contributed by atoms with Crippen molar-refractivity contribution in [1.29, 1.82) is 0 Å². The Morgan fingerprint density at radius 2 is 1.95 bits per heavy atom. The molecule has 0 aliphatic rings. The lowest BCUT2D eigenvalue weighted by atomic mass is 10.1. The number of pyridine rings is 1. The van der Waals surface area contributed by atoms with Crippen LogP contribution in [-0.4, -0.2) is 22.8 Å². The fourth-order valence-corrected chi connectivity index (χ4v) is 2.37. The predicted molar refractivity (Wildman–Crippen MR) is 83.9 cm³/mol. The molecule has 3 nitrogen and oxygen atoms in total. The van der Waals surface area contributed by atoms with E-state index in [1.54, 1.807) is 42.5 Å². The summed E-state index contributed by atoms with van der Waals surface area (Å²) in [6, 6.07) is 8.97. The van der Waals surface area contributed by atoms with Gasteiger partial charge in [-0.1, -0.05) is 11.6 Å². The molecule has 0 N–H and O–H groups in total. The van der Waals surface area contributed by atoms with Crippen LogP contribution in [-0.2, 0) is 0 Å². The van der Waals surface area contributed by atoms with Crippen molar-refractivity contribution in [3.63, 3.8) is 0 Å². The van der Waals surface area contributed by atoms with Crippen LogP contribution in [0.2, 0.25) is 5.02 Å². The Morgan fingerprint density at radius 3 is 2.55 bits per heavy atom. The van der Waals surface area contributed by atoms with Gasteiger partial charge in [-0.15, -0.1) is 0 Å². The molecule has 0 fully saturated rings. The Hall–Kier alpha value is -1.39. The van der Waals surface area contributed by atoms with E-state index in [0.717, 1.165) is 10.0 Å². The molecular formula is C15H14BrClN2O. The number of amides is 1. The van der Waals surface area contributed by atoms with Crippen molar-refractivity contribution < 1.29 is 4.79 Å². The summed E-state index contributed by atoms with van der Waals surface area (Å²) in [7, 11) is 1.79. The molecule has 0 bridgehead atoms. The predicted octanol–water partition coefficient (Wildman–Crippen LogP) is 4.33. The Balaban J connectivity index is 2.22. The van der Waals surface area contributed by atoms with Gasteiger partial charge < -0.3 is 4.90 Å². The zero-order valence-corrected chi connectivity index (χ0v) is 13.5. The average molecular weight is 354 g/mol. The van der Waals surface area contributed by atoms with Gasteiger partial charge in [-0.3, -0.25) is 9.78 Å². The van der Waals surface area contributed by atoms with Gasteiger partial charge in [0.15, 0.2) is 0 Å². The van der Waals surface area contributed by atoms with E-state index >= 15 is 0 Å². The molecule has 104 valence electrons. The van der Waals surface area contributed by atoms with Gasteiger partial charge in [0.2, 0.25) is 0 Å².